The standard InChI is InChI=1S/C11H13N3O4/c1-2-3-13-4-5-14(11(13)17)7-8-6-9(10(15)16)12-18-8/h4-6H,2-3,7H2,1H3,(H,15,16). The van der Waals surface area contributed by atoms with Crippen LogP contribution in [-0.2, 0) is 13.1 Å². The van der Waals surface area contributed by atoms with Crippen molar-refractivity contribution < 1.29 is 14.4 Å². The summed E-state index contributed by atoms with van der Waals surface area (Å²) in [7, 11) is 0. The summed E-state index contributed by atoms with van der Waals surface area (Å²) in [6, 6.07) is 1.31. The molecule has 0 unspecified atom stereocenters. The van der Waals surface area contributed by atoms with Crippen LogP contribution in [0.2, 0.25) is 0 Å². The second-order valence-corrected chi connectivity index (χ2v) is 3.89. The van der Waals surface area contributed by atoms with E-state index in [0.29, 0.717) is 12.3 Å². The van der Waals surface area contributed by atoms with Gasteiger partial charge >= 0.3 is 11.7 Å². The van der Waals surface area contributed by atoms with E-state index in [-0.39, 0.29) is 17.9 Å². The van der Waals surface area contributed by atoms with Crippen molar-refractivity contribution in [2.24, 2.45) is 0 Å². The molecule has 7 heteroatoms. The van der Waals surface area contributed by atoms with E-state index in [1.165, 1.54) is 10.6 Å². The van der Waals surface area contributed by atoms with Crippen molar-refractivity contribution in [3.63, 3.8) is 0 Å². The smallest absolute Gasteiger partial charge is 0.358 e. The lowest BCUT2D eigenvalue weighted by molar-refractivity contribution is 0.0685. The Hall–Kier alpha value is -2.31. The van der Waals surface area contributed by atoms with E-state index in [0.717, 1.165) is 6.42 Å². The molecule has 0 bridgehead atoms. The third-order valence-electron chi connectivity index (χ3n) is 2.49. The fourth-order valence-corrected chi connectivity index (χ4v) is 1.64. The first-order chi connectivity index (χ1) is 8.61. The van der Waals surface area contributed by atoms with Crippen LogP contribution >= 0.6 is 0 Å². The molecule has 0 radical (unpaired) electrons. The second kappa shape index (κ2) is 4.91. The van der Waals surface area contributed by atoms with Crippen molar-refractivity contribution >= 4 is 5.97 Å². The molecule has 0 aliphatic rings. The summed E-state index contributed by atoms with van der Waals surface area (Å²) in [5.41, 5.74) is -0.309. The summed E-state index contributed by atoms with van der Waals surface area (Å²) in [4.78, 5) is 22.5. The summed E-state index contributed by atoms with van der Waals surface area (Å²) >= 11 is 0. The first kappa shape index (κ1) is 12.2. The Balaban J connectivity index is 2.18. The Morgan fingerprint density at radius 3 is 2.78 bits per heavy atom. The summed E-state index contributed by atoms with van der Waals surface area (Å²) < 4.78 is 7.89. The average molecular weight is 251 g/mol. The predicted molar refractivity (Wildman–Crippen MR) is 61.5 cm³/mol. The van der Waals surface area contributed by atoms with Gasteiger partial charge in [0.2, 0.25) is 0 Å². The maximum absolute atomic E-state index is 11.9. The van der Waals surface area contributed by atoms with Gasteiger partial charge in [-0.2, -0.15) is 0 Å². The van der Waals surface area contributed by atoms with E-state index < -0.39 is 5.97 Å². The molecule has 96 valence electrons. The highest BCUT2D eigenvalue weighted by molar-refractivity contribution is 5.85. The second-order valence-electron chi connectivity index (χ2n) is 3.89. The van der Waals surface area contributed by atoms with Crippen molar-refractivity contribution in [2.75, 3.05) is 0 Å². The van der Waals surface area contributed by atoms with Gasteiger partial charge in [-0.15, -0.1) is 0 Å². The molecular formula is C11H13N3O4. The molecule has 0 aliphatic carbocycles. The fraction of sp³-hybridized carbons (Fsp3) is 0.364. The number of hydrogen-bond acceptors (Lipinski definition) is 4. The first-order valence-electron chi connectivity index (χ1n) is 5.56. The van der Waals surface area contributed by atoms with E-state index in [1.807, 2.05) is 6.92 Å². The number of imidazole rings is 1. The fourth-order valence-electron chi connectivity index (χ4n) is 1.64. The maximum Gasteiger partial charge on any atom is 0.358 e. The SMILES string of the molecule is CCCn1ccn(Cc2cc(C(=O)O)no2)c1=O. The molecule has 0 saturated heterocycles. The highest BCUT2D eigenvalue weighted by Gasteiger charge is 2.12. The van der Waals surface area contributed by atoms with Crippen LogP contribution in [0.15, 0.2) is 27.8 Å². The van der Waals surface area contributed by atoms with Crippen molar-refractivity contribution in [2.45, 2.75) is 26.4 Å². The number of aryl methyl sites for hydroxylation is 1. The Bertz CT molecular complexity index is 608. The molecule has 2 aromatic rings. The number of aromatic nitrogens is 3. The zero-order valence-electron chi connectivity index (χ0n) is 9.87. The largest absolute Gasteiger partial charge is 0.476 e. The summed E-state index contributed by atoms with van der Waals surface area (Å²) in [5.74, 6) is -0.815. The number of hydrogen-bond donors (Lipinski definition) is 1. The molecular weight excluding hydrogens is 238 g/mol. The molecule has 18 heavy (non-hydrogen) atoms. The van der Waals surface area contributed by atoms with Crippen LogP contribution in [0.1, 0.15) is 29.6 Å². The van der Waals surface area contributed by atoms with E-state index in [2.05, 4.69) is 5.16 Å². The highest BCUT2D eigenvalue weighted by atomic mass is 16.5. The minimum Gasteiger partial charge on any atom is -0.476 e. The Labute approximate surface area is 102 Å². The highest BCUT2D eigenvalue weighted by Crippen LogP contribution is 2.05. The van der Waals surface area contributed by atoms with Gasteiger partial charge in [-0.05, 0) is 6.42 Å². The molecule has 2 heterocycles. The van der Waals surface area contributed by atoms with E-state index in [9.17, 15) is 9.59 Å². The lowest BCUT2D eigenvalue weighted by Crippen LogP contribution is -2.24. The number of carboxylic acid groups (broad SMARTS) is 1. The molecule has 0 atom stereocenters. The number of rotatable bonds is 5. The molecule has 0 spiro atoms. The van der Waals surface area contributed by atoms with Crippen LogP contribution < -0.4 is 5.69 Å². The van der Waals surface area contributed by atoms with Crippen LogP contribution in [0, 0.1) is 0 Å². The minimum atomic E-state index is -1.15. The van der Waals surface area contributed by atoms with E-state index >= 15 is 0 Å². The molecule has 2 rings (SSSR count). The predicted octanol–water partition coefficient (Wildman–Crippen LogP) is 0.794. The van der Waals surface area contributed by atoms with Gasteiger partial charge in [0.05, 0.1) is 6.54 Å². The van der Waals surface area contributed by atoms with Crippen LogP contribution in [0.3, 0.4) is 0 Å². The van der Waals surface area contributed by atoms with Gasteiger partial charge in [0.25, 0.3) is 0 Å². The lowest BCUT2D eigenvalue weighted by Gasteiger charge is -1.97. The Morgan fingerprint density at radius 2 is 2.17 bits per heavy atom. The van der Waals surface area contributed by atoms with Gasteiger partial charge in [0, 0.05) is 25.0 Å². The van der Waals surface area contributed by atoms with Gasteiger partial charge in [-0.1, -0.05) is 12.1 Å². The maximum atomic E-state index is 11.9. The monoisotopic (exact) mass is 251 g/mol. The molecule has 2 aromatic heterocycles. The molecule has 0 fully saturated rings. The number of carboxylic acids is 1. The van der Waals surface area contributed by atoms with Gasteiger partial charge in [0.1, 0.15) is 0 Å². The van der Waals surface area contributed by atoms with Crippen molar-refractivity contribution in [1.82, 2.24) is 14.3 Å². The quantitative estimate of drug-likeness (QED) is 0.848. The normalized spacial score (nSPS) is 10.7. The number of nitrogens with zero attached hydrogens (tertiary/aromatic N) is 3. The first-order valence-corrected chi connectivity index (χ1v) is 5.56. The van der Waals surface area contributed by atoms with E-state index in [4.69, 9.17) is 9.63 Å². The third kappa shape index (κ3) is 2.34. The summed E-state index contributed by atoms with van der Waals surface area (Å²) in [6.45, 7) is 2.82. The Morgan fingerprint density at radius 1 is 1.44 bits per heavy atom. The zero-order valence-corrected chi connectivity index (χ0v) is 9.87. The van der Waals surface area contributed by atoms with Crippen molar-refractivity contribution in [3.8, 4) is 0 Å². The molecule has 0 aliphatic heterocycles. The van der Waals surface area contributed by atoms with Gasteiger partial charge in [0.15, 0.2) is 11.5 Å². The van der Waals surface area contributed by atoms with Crippen LogP contribution in [0.5, 0.6) is 0 Å². The molecule has 0 amide bonds. The molecule has 0 saturated carbocycles. The topological polar surface area (TPSA) is 90.3 Å². The summed E-state index contributed by atoms with van der Waals surface area (Å²) in [6.07, 6.45) is 4.21. The number of carbonyl (C=O) groups is 1. The van der Waals surface area contributed by atoms with Crippen LogP contribution in [0.4, 0.5) is 0 Å². The van der Waals surface area contributed by atoms with Crippen molar-refractivity contribution in [3.05, 3.63) is 40.4 Å². The Kier molecular flexibility index (Phi) is 3.31. The van der Waals surface area contributed by atoms with Gasteiger partial charge < -0.3 is 9.63 Å². The van der Waals surface area contributed by atoms with E-state index in [1.54, 1.807) is 17.0 Å². The van der Waals surface area contributed by atoms with Gasteiger partial charge in [-0.25, -0.2) is 9.59 Å². The lowest BCUT2D eigenvalue weighted by atomic mass is 10.3. The van der Waals surface area contributed by atoms with Crippen LogP contribution in [0.25, 0.3) is 0 Å². The summed E-state index contributed by atoms with van der Waals surface area (Å²) in [5, 5.41) is 12.1. The van der Waals surface area contributed by atoms with Crippen LogP contribution in [-0.4, -0.2) is 25.4 Å². The van der Waals surface area contributed by atoms with Gasteiger partial charge in [-0.3, -0.25) is 9.13 Å². The average Bonchev–Trinajstić information content (AvgIpc) is 2.91. The molecule has 0 aromatic carbocycles. The zero-order chi connectivity index (χ0) is 13.1. The third-order valence-corrected chi connectivity index (χ3v) is 2.49. The minimum absolute atomic E-state index is 0.148. The molecule has 7 nitrogen and oxygen atoms in total. The van der Waals surface area contributed by atoms with Crippen molar-refractivity contribution in [1.29, 1.82) is 0 Å². The number of aromatic carboxylic acids is 1. The molecule has 1 N–H and O–H groups in total.